The minimum absolute atomic E-state index is 0.333. The monoisotopic (exact) mass is 322 g/mol. The van der Waals surface area contributed by atoms with Gasteiger partial charge in [0.05, 0.1) is 21.7 Å². The molecule has 0 atom stereocenters. The predicted octanol–water partition coefficient (Wildman–Crippen LogP) is 4.91. The van der Waals surface area contributed by atoms with Crippen molar-refractivity contribution in [2.45, 2.75) is 13.3 Å². The number of nitrogens with zero attached hydrogens (tertiary/aromatic N) is 2. The number of aryl methyl sites for hydroxylation is 2. The van der Waals surface area contributed by atoms with Crippen LogP contribution in [0.3, 0.4) is 0 Å². The van der Waals surface area contributed by atoms with Crippen molar-refractivity contribution in [1.82, 2.24) is 9.55 Å². The smallest absolute Gasteiger partial charge is 0.125 e. The van der Waals surface area contributed by atoms with Gasteiger partial charge in [-0.25, -0.2) is 9.37 Å². The predicted molar refractivity (Wildman–Crippen MR) is 85.2 cm³/mol. The van der Waals surface area contributed by atoms with E-state index in [1.807, 2.05) is 29.7 Å². The van der Waals surface area contributed by atoms with Gasteiger partial charge < -0.3 is 0 Å². The van der Waals surface area contributed by atoms with E-state index < -0.39 is 0 Å². The molecule has 3 aromatic rings. The molecule has 0 radical (unpaired) electrons. The molecular weight excluding hydrogens is 310 g/mol. The van der Waals surface area contributed by atoms with Crippen molar-refractivity contribution >= 4 is 34.2 Å². The lowest BCUT2D eigenvalue weighted by molar-refractivity contribution is 0.626. The SMILES string of the molecule is Cc1ccc2c(c1)nc(CCCl)n2-c1cc(F)ccc1Cl. The average molecular weight is 323 g/mol. The van der Waals surface area contributed by atoms with Crippen LogP contribution in [0.1, 0.15) is 11.4 Å². The molecule has 0 spiro atoms. The third-order valence-corrected chi connectivity index (χ3v) is 3.86. The molecule has 21 heavy (non-hydrogen) atoms. The maximum absolute atomic E-state index is 13.6. The minimum Gasteiger partial charge on any atom is -0.295 e. The van der Waals surface area contributed by atoms with E-state index in [0.717, 1.165) is 22.4 Å². The van der Waals surface area contributed by atoms with E-state index in [9.17, 15) is 4.39 Å². The lowest BCUT2D eigenvalue weighted by Gasteiger charge is -2.11. The van der Waals surface area contributed by atoms with E-state index in [2.05, 4.69) is 4.98 Å². The Morgan fingerprint density at radius 1 is 1.19 bits per heavy atom. The van der Waals surface area contributed by atoms with Gasteiger partial charge in [-0.3, -0.25) is 4.57 Å². The molecule has 1 aromatic heterocycles. The van der Waals surface area contributed by atoms with Gasteiger partial charge in [0.15, 0.2) is 0 Å². The number of halogens is 3. The van der Waals surface area contributed by atoms with E-state index in [4.69, 9.17) is 23.2 Å². The lowest BCUT2D eigenvalue weighted by atomic mass is 10.2. The summed E-state index contributed by atoms with van der Waals surface area (Å²) >= 11 is 12.1. The summed E-state index contributed by atoms with van der Waals surface area (Å²) in [5.74, 6) is 0.883. The third-order valence-electron chi connectivity index (χ3n) is 3.35. The lowest BCUT2D eigenvalue weighted by Crippen LogP contribution is -2.03. The Balaban J connectivity index is 2.33. The molecule has 5 heteroatoms. The number of alkyl halides is 1. The molecule has 0 unspecified atom stereocenters. The van der Waals surface area contributed by atoms with Gasteiger partial charge in [0.2, 0.25) is 0 Å². The first-order valence-corrected chi connectivity index (χ1v) is 7.51. The fourth-order valence-electron chi connectivity index (χ4n) is 2.42. The number of hydrogen-bond donors (Lipinski definition) is 0. The van der Waals surface area contributed by atoms with Crippen molar-refractivity contribution in [3.05, 3.63) is 58.6 Å². The van der Waals surface area contributed by atoms with Crippen LogP contribution in [0.2, 0.25) is 5.02 Å². The molecule has 2 aromatic carbocycles. The van der Waals surface area contributed by atoms with Crippen LogP contribution in [0.5, 0.6) is 0 Å². The Morgan fingerprint density at radius 2 is 2.00 bits per heavy atom. The van der Waals surface area contributed by atoms with Gasteiger partial charge in [0.1, 0.15) is 11.6 Å². The first-order valence-electron chi connectivity index (χ1n) is 6.59. The van der Waals surface area contributed by atoms with Gasteiger partial charge >= 0.3 is 0 Å². The van der Waals surface area contributed by atoms with Crippen LogP contribution >= 0.6 is 23.2 Å². The molecule has 108 valence electrons. The molecule has 0 saturated carbocycles. The molecule has 2 nitrogen and oxygen atoms in total. The molecule has 0 fully saturated rings. The van der Waals surface area contributed by atoms with Crippen molar-refractivity contribution in [2.24, 2.45) is 0 Å². The van der Waals surface area contributed by atoms with Crippen LogP contribution in [-0.4, -0.2) is 15.4 Å². The molecule has 3 rings (SSSR count). The van der Waals surface area contributed by atoms with Gasteiger partial charge in [-0.15, -0.1) is 11.6 Å². The highest BCUT2D eigenvalue weighted by molar-refractivity contribution is 6.32. The number of hydrogen-bond acceptors (Lipinski definition) is 1. The molecule has 0 bridgehead atoms. The van der Waals surface area contributed by atoms with Gasteiger partial charge in [-0.1, -0.05) is 17.7 Å². The Morgan fingerprint density at radius 3 is 2.76 bits per heavy atom. The van der Waals surface area contributed by atoms with Crippen molar-refractivity contribution in [3.8, 4) is 5.69 Å². The number of benzene rings is 2. The second-order valence-corrected chi connectivity index (χ2v) is 5.68. The molecule has 0 aliphatic carbocycles. The van der Waals surface area contributed by atoms with Gasteiger partial charge in [0.25, 0.3) is 0 Å². The van der Waals surface area contributed by atoms with Crippen LogP contribution < -0.4 is 0 Å². The van der Waals surface area contributed by atoms with Crippen LogP contribution in [-0.2, 0) is 6.42 Å². The topological polar surface area (TPSA) is 17.8 Å². The minimum atomic E-state index is -0.333. The quantitative estimate of drug-likeness (QED) is 0.626. The fourth-order valence-corrected chi connectivity index (χ4v) is 2.79. The van der Waals surface area contributed by atoms with Crippen LogP contribution in [0.25, 0.3) is 16.7 Å². The zero-order valence-electron chi connectivity index (χ0n) is 11.4. The van der Waals surface area contributed by atoms with Gasteiger partial charge in [-0.2, -0.15) is 0 Å². The van der Waals surface area contributed by atoms with E-state index >= 15 is 0 Å². The average Bonchev–Trinajstić information content (AvgIpc) is 2.79. The van der Waals surface area contributed by atoms with Crippen LogP contribution in [0, 0.1) is 12.7 Å². The number of rotatable bonds is 3. The van der Waals surface area contributed by atoms with Crippen molar-refractivity contribution < 1.29 is 4.39 Å². The van der Waals surface area contributed by atoms with Gasteiger partial charge in [0, 0.05) is 12.3 Å². The summed E-state index contributed by atoms with van der Waals surface area (Å²) in [6.45, 7) is 2.01. The highest BCUT2D eigenvalue weighted by Gasteiger charge is 2.15. The zero-order valence-corrected chi connectivity index (χ0v) is 12.9. The standard InChI is InChI=1S/C16H13Cl2FN2/c1-10-2-5-14-13(8-10)20-16(6-7-17)21(14)15-9-11(19)3-4-12(15)18/h2-5,8-9H,6-7H2,1H3. The third kappa shape index (κ3) is 2.63. The molecule has 0 saturated heterocycles. The summed E-state index contributed by atoms with van der Waals surface area (Å²) < 4.78 is 15.5. The summed E-state index contributed by atoms with van der Waals surface area (Å²) in [5.41, 5.74) is 3.46. The van der Waals surface area contributed by atoms with Crippen molar-refractivity contribution in [2.75, 3.05) is 5.88 Å². The second-order valence-electron chi connectivity index (χ2n) is 4.89. The molecule has 0 N–H and O–H groups in total. The van der Waals surface area contributed by atoms with E-state index in [1.165, 1.54) is 12.1 Å². The normalized spacial score (nSPS) is 11.2. The van der Waals surface area contributed by atoms with Crippen molar-refractivity contribution in [3.63, 3.8) is 0 Å². The molecule has 1 heterocycles. The maximum Gasteiger partial charge on any atom is 0.125 e. The Bertz CT molecular complexity index is 811. The molecule has 0 aliphatic heterocycles. The summed E-state index contributed by atoms with van der Waals surface area (Å²) in [7, 11) is 0. The maximum atomic E-state index is 13.6. The summed E-state index contributed by atoms with van der Waals surface area (Å²) in [5, 5.41) is 0.479. The zero-order chi connectivity index (χ0) is 15.0. The summed E-state index contributed by atoms with van der Waals surface area (Å²) in [4.78, 5) is 4.61. The fraction of sp³-hybridized carbons (Fsp3) is 0.188. The molecule has 0 amide bonds. The van der Waals surface area contributed by atoms with Crippen LogP contribution in [0.4, 0.5) is 4.39 Å². The highest BCUT2D eigenvalue weighted by atomic mass is 35.5. The first kappa shape index (κ1) is 14.4. The van der Waals surface area contributed by atoms with E-state index in [1.54, 1.807) is 6.07 Å². The van der Waals surface area contributed by atoms with Crippen molar-refractivity contribution in [1.29, 1.82) is 0 Å². The first-order chi connectivity index (χ1) is 10.1. The Hall–Kier alpha value is -1.58. The van der Waals surface area contributed by atoms with E-state index in [-0.39, 0.29) is 5.82 Å². The molecular formula is C16H13Cl2FN2. The van der Waals surface area contributed by atoms with Crippen LogP contribution in [0.15, 0.2) is 36.4 Å². The second kappa shape index (κ2) is 5.66. The Labute approximate surface area is 132 Å². The number of aromatic nitrogens is 2. The number of fused-ring (bicyclic) bond motifs is 1. The summed E-state index contributed by atoms with van der Waals surface area (Å²) in [6.07, 6.45) is 0.585. The van der Waals surface area contributed by atoms with E-state index in [0.29, 0.717) is 23.0 Å². The highest BCUT2D eigenvalue weighted by Crippen LogP contribution is 2.28. The van der Waals surface area contributed by atoms with Gasteiger partial charge in [-0.05, 0) is 42.8 Å². The Kier molecular flexibility index (Phi) is 3.87. The molecule has 0 aliphatic rings. The summed E-state index contributed by atoms with van der Waals surface area (Å²) in [6, 6.07) is 10.3. The largest absolute Gasteiger partial charge is 0.295 e. The number of imidazole rings is 1.